The molecule has 1 N–H and O–H groups in total. The van der Waals surface area contributed by atoms with Crippen molar-refractivity contribution >= 4 is 22.0 Å². The zero-order chi connectivity index (χ0) is 11.2. The molecule has 15 heavy (non-hydrogen) atoms. The van der Waals surface area contributed by atoms with Gasteiger partial charge in [0.05, 0.1) is 25.0 Å². The Morgan fingerprint density at radius 3 is 2.80 bits per heavy atom. The lowest BCUT2D eigenvalue weighted by Gasteiger charge is -2.13. The van der Waals surface area contributed by atoms with Crippen molar-refractivity contribution in [2.45, 2.75) is 18.0 Å². The lowest BCUT2D eigenvalue weighted by molar-refractivity contribution is 0.0159. The first-order valence-electron chi connectivity index (χ1n) is 4.00. The van der Waals surface area contributed by atoms with Gasteiger partial charge in [0.2, 0.25) is 0 Å². The lowest BCUT2D eigenvalue weighted by Crippen LogP contribution is -2.26. The summed E-state index contributed by atoms with van der Waals surface area (Å²) in [5.74, 6) is 0. The summed E-state index contributed by atoms with van der Waals surface area (Å²) >= 11 is 2.18. The third-order valence-electron chi connectivity index (χ3n) is 2.17. The number of hydrogen-bond donors (Lipinski definition) is 1. The summed E-state index contributed by atoms with van der Waals surface area (Å²) in [6.07, 6.45) is 0.128. The molecule has 0 spiro atoms. The second-order valence-electron chi connectivity index (χ2n) is 3.13. The first kappa shape index (κ1) is 10.3. The molecule has 0 aromatic carbocycles. The van der Waals surface area contributed by atoms with E-state index in [1.807, 2.05) is 0 Å². The number of amides is 1. The highest BCUT2D eigenvalue weighted by Gasteiger charge is 2.36. The minimum Gasteiger partial charge on any atom is -0.465 e. The number of halogens is 3. The predicted octanol–water partition coefficient (Wildman–Crippen LogP) is 1.78. The molecule has 1 aromatic rings. The van der Waals surface area contributed by atoms with E-state index in [0.717, 1.165) is 4.90 Å². The summed E-state index contributed by atoms with van der Waals surface area (Å²) in [6.45, 7) is 0.0413. The van der Waals surface area contributed by atoms with Crippen molar-refractivity contribution < 1.29 is 18.7 Å². The van der Waals surface area contributed by atoms with Crippen LogP contribution in [0, 0.1) is 0 Å². The molecule has 0 aliphatic carbocycles. The zero-order valence-corrected chi connectivity index (χ0v) is 8.91. The van der Waals surface area contributed by atoms with Crippen molar-refractivity contribution in [2.24, 2.45) is 0 Å². The molecule has 0 radical (unpaired) electrons. The minimum atomic E-state index is -3.28. The molecule has 1 aliphatic heterocycles. The SMILES string of the molecule is O=C(O)N1Cc2cnn(C(F)(F)Br)c2C1. The molecule has 2 heterocycles. The van der Waals surface area contributed by atoms with Crippen LogP contribution in [0.15, 0.2) is 6.20 Å². The molecular formula is C7H6BrF2N3O2. The molecule has 8 heteroatoms. The Bertz CT molecular complexity index is 415. The Hall–Kier alpha value is -1.18. The van der Waals surface area contributed by atoms with Crippen LogP contribution in [0.3, 0.4) is 0 Å². The maximum atomic E-state index is 12.9. The molecular weight excluding hydrogens is 276 g/mol. The fraction of sp³-hybridized carbons (Fsp3) is 0.429. The summed E-state index contributed by atoms with van der Waals surface area (Å²) in [6, 6.07) is 0. The topological polar surface area (TPSA) is 58.4 Å². The second kappa shape index (κ2) is 3.16. The van der Waals surface area contributed by atoms with Gasteiger partial charge in [-0.15, -0.1) is 0 Å². The minimum absolute atomic E-state index is 0.0636. The standard InChI is InChI=1S/C7H6BrF2N3O2/c8-7(9,10)13-5-3-12(6(14)15)2-4(5)1-11-13/h1H,2-3H2,(H,14,15). The largest absolute Gasteiger partial charge is 0.465 e. The summed E-state index contributed by atoms with van der Waals surface area (Å²) in [7, 11) is 0. The van der Waals surface area contributed by atoms with Crippen LogP contribution in [0.1, 0.15) is 11.3 Å². The molecule has 2 rings (SSSR count). The van der Waals surface area contributed by atoms with Crippen molar-refractivity contribution in [1.82, 2.24) is 14.7 Å². The highest BCUT2D eigenvalue weighted by molar-refractivity contribution is 9.09. The highest BCUT2D eigenvalue weighted by atomic mass is 79.9. The summed E-state index contributed by atoms with van der Waals surface area (Å²) in [4.78, 5) is 8.39. The van der Waals surface area contributed by atoms with Crippen molar-refractivity contribution in [3.8, 4) is 0 Å². The van der Waals surface area contributed by atoms with Crippen LogP contribution in [0.2, 0.25) is 0 Å². The van der Waals surface area contributed by atoms with E-state index in [1.165, 1.54) is 6.20 Å². The van der Waals surface area contributed by atoms with Crippen molar-refractivity contribution in [2.75, 3.05) is 0 Å². The van der Waals surface area contributed by atoms with Crippen LogP contribution in [0.25, 0.3) is 0 Å². The van der Waals surface area contributed by atoms with Crippen LogP contribution in [-0.2, 0) is 18.0 Å². The summed E-state index contributed by atoms with van der Waals surface area (Å²) in [5, 5.41) is 12.2. The van der Waals surface area contributed by atoms with Crippen molar-refractivity contribution in [3.05, 3.63) is 17.5 Å². The lowest BCUT2D eigenvalue weighted by atomic mass is 10.3. The first-order valence-corrected chi connectivity index (χ1v) is 4.79. The van der Waals surface area contributed by atoms with E-state index < -0.39 is 11.0 Å². The molecule has 0 unspecified atom stereocenters. The van der Waals surface area contributed by atoms with Crippen molar-refractivity contribution in [1.29, 1.82) is 0 Å². The maximum Gasteiger partial charge on any atom is 0.407 e. The summed E-state index contributed by atoms with van der Waals surface area (Å²) in [5.41, 5.74) is 0.732. The van der Waals surface area contributed by atoms with Gasteiger partial charge in [-0.05, 0) is 0 Å². The van der Waals surface area contributed by atoms with Crippen LogP contribution in [0.5, 0.6) is 0 Å². The first-order chi connectivity index (χ1) is 6.89. The molecule has 0 saturated carbocycles. The van der Waals surface area contributed by atoms with Gasteiger partial charge in [-0.3, -0.25) is 4.90 Å². The smallest absolute Gasteiger partial charge is 0.407 e. The molecule has 0 saturated heterocycles. The van der Waals surface area contributed by atoms with Crippen LogP contribution in [-0.4, -0.2) is 25.9 Å². The molecule has 82 valence electrons. The van der Waals surface area contributed by atoms with Gasteiger partial charge in [0, 0.05) is 21.5 Å². The number of fused-ring (bicyclic) bond motifs is 1. The fourth-order valence-corrected chi connectivity index (χ4v) is 1.81. The fourth-order valence-electron chi connectivity index (χ4n) is 1.50. The predicted molar refractivity (Wildman–Crippen MR) is 48.6 cm³/mol. The molecule has 1 aromatic heterocycles. The molecule has 0 bridgehead atoms. The third-order valence-corrected chi connectivity index (χ3v) is 2.50. The molecule has 1 amide bonds. The van der Waals surface area contributed by atoms with E-state index in [1.54, 1.807) is 0 Å². The number of nitrogens with zero attached hydrogens (tertiary/aromatic N) is 3. The van der Waals surface area contributed by atoms with Crippen LogP contribution >= 0.6 is 15.9 Å². The van der Waals surface area contributed by atoms with E-state index in [9.17, 15) is 13.6 Å². The van der Waals surface area contributed by atoms with E-state index in [0.29, 0.717) is 10.2 Å². The second-order valence-corrected chi connectivity index (χ2v) is 4.09. The van der Waals surface area contributed by atoms with Gasteiger partial charge in [0.15, 0.2) is 0 Å². The van der Waals surface area contributed by atoms with Gasteiger partial charge >= 0.3 is 11.0 Å². The molecule has 0 atom stereocenters. The highest BCUT2D eigenvalue weighted by Crippen LogP contribution is 2.33. The van der Waals surface area contributed by atoms with Gasteiger partial charge in [0.1, 0.15) is 0 Å². The number of hydrogen-bond acceptors (Lipinski definition) is 2. The summed E-state index contributed by atoms with van der Waals surface area (Å²) < 4.78 is 26.3. The molecule has 0 fully saturated rings. The number of aromatic nitrogens is 2. The maximum absolute atomic E-state index is 12.9. The average Bonchev–Trinajstić information content (AvgIpc) is 2.56. The van der Waals surface area contributed by atoms with E-state index in [-0.39, 0.29) is 18.8 Å². The van der Waals surface area contributed by atoms with E-state index in [2.05, 4.69) is 21.0 Å². The Morgan fingerprint density at radius 1 is 1.60 bits per heavy atom. The van der Waals surface area contributed by atoms with Gasteiger partial charge in [-0.2, -0.15) is 18.6 Å². The number of carbonyl (C=O) groups is 1. The Labute approximate surface area is 91.4 Å². The number of carboxylic acid groups (broad SMARTS) is 1. The van der Waals surface area contributed by atoms with Crippen LogP contribution in [0.4, 0.5) is 13.6 Å². The van der Waals surface area contributed by atoms with Crippen molar-refractivity contribution in [3.63, 3.8) is 0 Å². The van der Waals surface area contributed by atoms with Gasteiger partial charge in [-0.25, -0.2) is 4.79 Å². The number of alkyl halides is 3. The van der Waals surface area contributed by atoms with Gasteiger partial charge in [0.25, 0.3) is 0 Å². The van der Waals surface area contributed by atoms with Gasteiger partial charge < -0.3 is 5.11 Å². The van der Waals surface area contributed by atoms with E-state index >= 15 is 0 Å². The average molecular weight is 282 g/mol. The molecule has 1 aliphatic rings. The monoisotopic (exact) mass is 281 g/mol. The Balaban J connectivity index is 2.33. The van der Waals surface area contributed by atoms with E-state index in [4.69, 9.17) is 5.11 Å². The molecule has 5 nitrogen and oxygen atoms in total. The Morgan fingerprint density at radius 2 is 2.27 bits per heavy atom. The Kier molecular flexibility index (Phi) is 2.18. The number of rotatable bonds is 1. The normalized spacial score (nSPS) is 15.5. The third kappa shape index (κ3) is 1.69. The van der Waals surface area contributed by atoms with Gasteiger partial charge in [-0.1, -0.05) is 0 Å². The quantitative estimate of drug-likeness (QED) is 0.799. The zero-order valence-electron chi connectivity index (χ0n) is 7.32. The van der Waals surface area contributed by atoms with Crippen LogP contribution < -0.4 is 0 Å².